The highest BCUT2D eigenvalue weighted by molar-refractivity contribution is 7.91. The Kier molecular flexibility index (Phi) is 5.13. The SMILES string of the molecule is CCN(C1CCC(N)CC1)S(=O)(=O)c1cc(C)c(Cl)s1. The average molecular weight is 337 g/mol. The Morgan fingerprint density at radius 3 is 2.45 bits per heavy atom. The molecule has 4 nitrogen and oxygen atoms in total. The molecular formula is C13H21ClN2O2S2. The zero-order chi connectivity index (χ0) is 14.9. The first-order chi connectivity index (χ1) is 9.36. The van der Waals surface area contributed by atoms with Crippen molar-refractivity contribution in [3.8, 4) is 0 Å². The standard InChI is InChI=1S/C13H21ClN2O2S2/c1-3-16(11-6-4-10(15)5-7-11)20(17,18)12-8-9(2)13(14)19-12/h8,10-11H,3-7,15H2,1-2H3. The Bertz CT molecular complexity index is 543. The molecule has 1 aliphatic carbocycles. The van der Waals surface area contributed by atoms with E-state index in [1.165, 1.54) is 0 Å². The summed E-state index contributed by atoms with van der Waals surface area (Å²) >= 11 is 7.15. The maximum Gasteiger partial charge on any atom is 0.252 e. The lowest BCUT2D eigenvalue weighted by Gasteiger charge is -2.34. The summed E-state index contributed by atoms with van der Waals surface area (Å²) in [6, 6.07) is 1.94. The summed E-state index contributed by atoms with van der Waals surface area (Å²) in [7, 11) is -3.44. The van der Waals surface area contributed by atoms with Crippen LogP contribution >= 0.6 is 22.9 Å². The van der Waals surface area contributed by atoms with Crippen LogP contribution in [0.15, 0.2) is 10.3 Å². The molecule has 1 saturated carbocycles. The van der Waals surface area contributed by atoms with Gasteiger partial charge in [-0.3, -0.25) is 0 Å². The topological polar surface area (TPSA) is 63.4 Å². The van der Waals surface area contributed by atoms with Gasteiger partial charge in [-0.25, -0.2) is 8.42 Å². The molecule has 7 heteroatoms. The Morgan fingerprint density at radius 2 is 2.00 bits per heavy atom. The maximum atomic E-state index is 12.8. The lowest BCUT2D eigenvalue weighted by molar-refractivity contribution is 0.247. The molecular weight excluding hydrogens is 316 g/mol. The summed E-state index contributed by atoms with van der Waals surface area (Å²) in [4.78, 5) is 0. The summed E-state index contributed by atoms with van der Waals surface area (Å²) in [6.45, 7) is 4.19. The van der Waals surface area contributed by atoms with Crippen LogP contribution in [0.1, 0.15) is 38.2 Å². The monoisotopic (exact) mass is 336 g/mol. The third-order valence-electron chi connectivity index (χ3n) is 3.86. The second kappa shape index (κ2) is 6.32. The molecule has 0 aromatic carbocycles. The first-order valence-corrected chi connectivity index (χ1v) is 9.53. The predicted octanol–water partition coefficient (Wildman–Crippen LogP) is 2.99. The Labute approximate surface area is 130 Å². The van der Waals surface area contributed by atoms with Crippen molar-refractivity contribution in [1.82, 2.24) is 4.31 Å². The van der Waals surface area contributed by atoms with E-state index in [9.17, 15) is 8.42 Å². The van der Waals surface area contributed by atoms with Crippen molar-refractivity contribution in [2.75, 3.05) is 6.54 Å². The van der Waals surface area contributed by atoms with Crippen LogP contribution in [0.2, 0.25) is 4.34 Å². The average Bonchev–Trinajstić information content (AvgIpc) is 2.73. The summed E-state index contributed by atoms with van der Waals surface area (Å²) in [5, 5.41) is 0. The maximum absolute atomic E-state index is 12.8. The predicted molar refractivity (Wildman–Crippen MR) is 83.9 cm³/mol. The number of hydrogen-bond acceptors (Lipinski definition) is 4. The van der Waals surface area contributed by atoms with E-state index < -0.39 is 10.0 Å². The van der Waals surface area contributed by atoms with E-state index in [-0.39, 0.29) is 12.1 Å². The van der Waals surface area contributed by atoms with Crippen LogP contribution < -0.4 is 5.73 Å². The van der Waals surface area contributed by atoms with E-state index in [4.69, 9.17) is 17.3 Å². The number of hydrogen-bond donors (Lipinski definition) is 1. The van der Waals surface area contributed by atoms with Crippen molar-refractivity contribution in [3.05, 3.63) is 16.0 Å². The van der Waals surface area contributed by atoms with Gasteiger partial charge < -0.3 is 5.73 Å². The minimum Gasteiger partial charge on any atom is -0.328 e. The molecule has 1 heterocycles. The molecule has 1 aliphatic rings. The molecule has 1 aromatic heterocycles. The molecule has 1 aromatic rings. The van der Waals surface area contributed by atoms with E-state index in [2.05, 4.69) is 0 Å². The highest BCUT2D eigenvalue weighted by atomic mass is 35.5. The van der Waals surface area contributed by atoms with E-state index in [1.807, 2.05) is 13.8 Å². The molecule has 1 fully saturated rings. The molecule has 20 heavy (non-hydrogen) atoms. The van der Waals surface area contributed by atoms with E-state index in [0.29, 0.717) is 15.1 Å². The molecule has 0 atom stereocenters. The second-order valence-electron chi connectivity index (χ2n) is 5.30. The van der Waals surface area contributed by atoms with E-state index in [1.54, 1.807) is 10.4 Å². The molecule has 0 saturated heterocycles. The first-order valence-electron chi connectivity index (χ1n) is 6.89. The van der Waals surface area contributed by atoms with Gasteiger partial charge in [-0.2, -0.15) is 4.31 Å². The zero-order valence-electron chi connectivity index (χ0n) is 11.8. The molecule has 114 valence electrons. The minimum atomic E-state index is -3.44. The second-order valence-corrected chi connectivity index (χ2v) is 9.07. The number of sulfonamides is 1. The van der Waals surface area contributed by atoms with Crippen LogP contribution in [-0.4, -0.2) is 31.4 Å². The number of aryl methyl sites for hydroxylation is 1. The van der Waals surface area contributed by atoms with Crippen LogP contribution in [0.25, 0.3) is 0 Å². The summed E-state index contributed by atoms with van der Waals surface area (Å²) < 4.78 is 28.0. The third kappa shape index (κ3) is 3.20. The van der Waals surface area contributed by atoms with Crippen molar-refractivity contribution in [3.63, 3.8) is 0 Å². The number of thiophene rings is 1. The number of halogens is 1. The Balaban J connectivity index is 2.25. The smallest absolute Gasteiger partial charge is 0.252 e. The van der Waals surface area contributed by atoms with Gasteiger partial charge >= 0.3 is 0 Å². The molecule has 0 unspecified atom stereocenters. The molecule has 0 amide bonds. The van der Waals surface area contributed by atoms with Crippen molar-refractivity contribution >= 4 is 33.0 Å². The van der Waals surface area contributed by atoms with Gasteiger partial charge in [0.25, 0.3) is 10.0 Å². The zero-order valence-corrected chi connectivity index (χ0v) is 14.2. The quantitative estimate of drug-likeness (QED) is 0.919. The van der Waals surface area contributed by atoms with Crippen LogP contribution in [0.4, 0.5) is 0 Å². The van der Waals surface area contributed by atoms with Gasteiger partial charge in [0.2, 0.25) is 0 Å². The lowest BCUT2D eigenvalue weighted by atomic mass is 9.92. The number of nitrogens with two attached hydrogens (primary N) is 1. The third-order valence-corrected chi connectivity index (χ3v) is 7.89. The normalized spacial score (nSPS) is 24.2. The molecule has 2 N–H and O–H groups in total. The van der Waals surface area contributed by atoms with Crippen molar-refractivity contribution in [1.29, 1.82) is 0 Å². The van der Waals surface area contributed by atoms with E-state index >= 15 is 0 Å². The van der Waals surface area contributed by atoms with Crippen LogP contribution in [0.5, 0.6) is 0 Å². The Morgan fingerprint density at radius 1 is 1.40 bits per heavy atom. The van der Waals surface area contributed by atoms with Gasteiger partial charge in [-0.05, 0) is 44.2 Å². The lowest BCUT2D eigenvalue weighted by Crippen LogP contribution is -2.43. The molecule has 0 radical (unpaired) electrons. The molecule has 0 aliphatic heterocycles. The van der Waals surface area contributed by atoms with Gasteiger partial charge in [-0.1, -0.05) is 18.5 Å². The van der Waals surface area contributed by atoms with Gasteiger partial charge in [0.05, 0.1) is 4.34 Å². The highest BCUT2D eigenvalue weighted by Crippen LogP contribution is 2.34. The molecule has 2 rings (SSSR count). The van der Waals surface area contributed by atoms with Crippen LogP contribution in [0, 0.1) is 6.92 Å². The van der Waals surface area contributed by atoms with Gasteiger partial charge in [0.1, 0.15) is 4.21 Å². The van der Waals surface area contributed by atoms with Gasteiger partial charge in [0.15, 0.2) is 0 Å². The van der Waals surface area contributed by atoms with Crippen molar-refractivity contribution in [2.24, 2.45) is 5.73 Å². The summed E-state index contributed by atoms with van der Waals surface area (Å²) in [5.74, 6) is 0. The van der Waals surface area contributed by atoms with Crippen molar-refractivity contribution < 1.29 is 8.42 Å². The van der Waals surface area contributed by atoms with Crippen LogP contribution in [-0.2, 0) is 10.0 Å². The Hall–Kier alpha value is -0.140. The highest BCUT2D eigenvalue weighted by Gasteiger charge is 2.33. The number of rotatable bonds is 4. The fourth-order valence-corrected chi connectivity index (χ4v) is 6.22. The van der Waals surface area contributed by atoms with Crippen LogP contribution in [0.3, 0.4) is 0 Å². The van der Waals surface area contributed by atoms with Gasteiger partial charge in [-0.15, -0.1) is 11.3 Å². The molecule has 0 bridgehead atoms. The fourth-order valence-electron chi connectivity index (χ4n) is 2.69. The largest absolute Gasteiger partial charge is 0.328 e. The summed E-state index contributed by atoms with van der Waals surface area (Å²) in [5.41, 5.74) is 6.72. The first kappa shape index (κ1) is 16.2. The van der Waals surface area contributed by atoms with E-state index in [0.717, 1.165) is 42.6 Å². The minimum absolute atomic E-state index is 0.0611. The number of nitrogens with zero attached hydrogens (tertiary/aromatic N) is 1. The fraction of sp³-hybridized carbons (Fsp3) is 0.692. The van der Waals surface area contributed by atoms with Gasteiger partial charge in [0, 0.05) is 18.6 Å². The molecule has 0 spiro atoms. The summed E-state index contributed by atoms with van der Waals surface area (Å²) in [6.07, 6.45) is 3.46. The van der Waals surface area contributed by atoms with Crippen molar-refractivity contribution in [2.45, 2.75) is 55.8 Å².